The largest absolute Gasteiger partial charge is 0.349 e. The fourth-order valence-electron chi connectivity index (χ4n) is 2.47. The van der Waals surface area contributed by atoms with Crippen molar-refractivity contribution < 1.29 is 13.2 Å². The Morgan fingerprint density at radius 3 is 2.60 bits per heavy atom. The Kier molecular flexibility index (Phi) is 5.19. The zero-order valence-electron chi connectivity index (χ0n) is 14.1. The van der Waals surface area contributed by atoms with Gasteiger partial charge in [-0.1, -0.05) is 0 Å². The van der Waals surface area contributed by atoms with Crippen molar-refractivity contribution in [2.24, 2.45) is 7.05 Å². The van der Waals surface area contributed by atoms with Gasteiger partial charge in [-0.2, -0.15) is 5.10 Å². The lowest BCUT2D eigenvalue weighted by molar-refractivity contribution is 0.0951. The molecular weight excluding hydrogens is 340 g/mol. The molecule has 0 spiro atoms. The van der Waals surface area contributed by atoms with Crippen LogP contribution in [0.4, 0.5) is 0 Å². The first-order valence-corrected chi connectivity index (χ1v) is 9.80. The molecule has 0 radical (unpaired) electrons. The number of rotatable bonds is 8. The highest BCUT2D eigenvalue weighted by Crippen LogP contribution is 2.19. The van der Waals surface area contributed by atoms with Crippen LogP contribution in [-0.2, 0) is 23.5 Å². The molecule has 1 aliphatic rings. The first kappa shape index (κ1) is 17.6. The summed E-state index contributed by atoms with van der Waals surface area (Å²) in [6.07, 6.45) is 7.17. The molecule has 7 nitrogen and oxygen atoms in total. The summed E-state index contributed by atoms with van der Waals surface area (Å²) in [5.41, 5.74) is 1.55. The van der Waals surface area contributed by atoms with Gasteiger partial charge in [0.1, 0.15) is 0 Å². The fourth-order valence-corrected chi connectivity index (χ4v) is 3.54. The van der Waals surface area contributed by atoms with Gasteiger partial charge >= 0.3 is 0 Å². The Morgan fingerprint density at radius 1 is 1.28 bits per heavy atom. The summed E-state index contributed by atoms with van der Waals surface area (Å²) < 4.78 is 28.9. The Bertz CT molecular complexity index is 839. The average Bonchev–Trinajstić information content (AvgIpc) is 3.31. The lowest BCUT2D eigenvalue weighted by Crippen LogP contribution is -2.26. The number of sulfonamides is 1. The molecule has 0 unspecified atom stereocenters. The number of hydrogen-bond donors (Lipinski definition) is 2. The van der Waals surface area contributed by atoms with Crippen molar-refractivity contribution in [1.82, 2.24) is 19.8 Å². The van der Waals surface area contributed by atoms with Crippen LogP contribution in [-0.4, -0.2) is 36.7 Å². The van der Waals surface area contributed by atoms with E-state index in [0.29, 0.717) is 18.5 Å². The standard InChI is InChI=1S/C17H22N4O3S/c1-21-12-13(11-18-21)3-2-10-19-25(23,24)16-8-4-14(5-9-16)17(22)20-15-6-7-15/h4-5,8-9,11-12,15,19H,2-3,6-7,10H2,1H3,(H,20,22). The summed E-state index contributed by atoms with van der Waals surface area (Å²) in [6.45, 7) is 0.348. The lowest BCUT2D eigenvalue weighted by atomic mass is 10.2. The van der Waals surface area contributed by atoms with Crippen molar-refractivity contribution in [3.8, 4) is 0 Å². The molecule has 3 rings (SSSR count). The van der Waals surface area contributed by atoms with Crippen molar-refractivity contribution in [2.45, 2.75) is 36.6 Å². The monoisotopic (exact) mass is 362 g/mol. The topological polar surface area (TPSA) is 93.1 Å². The van der Waals surface area contributed by atoms with Crippen LogP contribution in [0, 0.1) is 0 Å². The third-order valence-corrected chi connectivity index (χ3v) is 5.51. The van der Waals surface area contributed by atoms with E-state index in [2.05, 4.69) is 15.1 Å². The number of amides is 1. The van der Waals surface area contributed by atoms with Crippen LogP contribution in [0.2, 0.25) is 0 Å². The van der Waals surface area contributed by atoms with E-state index < -0.39 is 10.0 Å². The van der Waals surface area contributed by atoms with Crippen LogP contribution < -0.4 is 10.0 Å². The molecule has 0 saturated heterocycles. The molecule has 1 aromatic carbocycles. The minimum atomic E-state index is -3.57. The zero-order chi connectivity index (χ0) is 17.9. The molecule has 8 heteroatoms. The maximum absolute atomic E-state index is 12.3. The minimum absolute atomic E-state index is 0.157. The number of carbonyl (C=O) groups is 1. The first-order valence-electron chi connectivity index (χ1n) is 8.32. The summed E-state index contributed by atoms with van der Waals surface area (Å²) in [6, 6.07) is 6.29. The van der Waals surface area contributed by atoms with Gasteiger partial charge in [0.2, 0.25) is 10.0 Å². The molecule has 0 aliphatic heterocycles. The van der Waals surface area contributed by atoms with E-state index in [1.807, 2.05) is 13.2 Å². The zero-order valence-corrected chi connectivity index (χ0v) is 14.9. The molecule has 2 aromatic rings. The van der Waals surface area contributed by atoms with E-state index in [4.69, 9.17) is 0 Å². The van der Waals surface area contributed by atoms with Gasteiger partial charge < -0.3 is 5.32 Å². The summed E-state index contributed by atoms with van der Waals surface area (Å²) in [5, 5.41) is 6.96. The molecule has 2 N–H and O–H groups in total. The smallest absolute Gasteiger partial charge is 0.251 e. The molecule has 1 amide bonds. The maximum atomic E-state index is 12.3. The van der Waals surface area contributed by atoms with E-state index in [1.165, 1.54) is 12.1 Å². The highest BCUT2D eigenvalue weighted by Gasteiger charge is 2.24. The van der Waals surface area contributed by atoms with Gasteiger partial charge in [-0.15, -0.1) is 0 Å². The van der Waals surface area contributed by atoms with Crippen molar-refractivity contribution in [3.05, 3.63) is 47.8 Å². The Morgan fingerprint density at radius 2 is 2.00 bits per heavy atom. The van der Waals surface area contributed by atoms with Crippen molar-refractivity contribution in [2.75, 3.05) is 6.54 Å². The number of nitrogens with one attached hydrogen (secondary N) is 2. The number of aromatic nitrogens is 2. The highest BCUT2D eigenvalue weighted by atomic mass is 32.2. The molecular formula is C17H22N4O3S. The SMILES string of the molecule is Cn1cc(CCCNS(=O)(=O)c2ccc(C(=O)NC3CC3)cc2)cn1. The molecule has 1 fully saturated rings. The lowest BCUT2D eigenvalue weighted by Gasteiger charge is -2.08. The van der Waals surface area contributed by atoms with Crippen molar-refractivity contribution in [3.63, 3.8) is 0 Å². The summed E-state index contributed by atoms with van der Waals surface area (Å²) in [5.74, 6) is -0.157. The molecule has 1 heterocycles. The second kappa shape index (κ2) is 7.37. The van der Waals surface area contributed by atoms with Crippen LogP contribution in [0.3, 0.4) is 0 Å². The molecule has 0 atom stereocenters. The highest BCUT2D eigenvalue weighted by molar-refractivity contribution is 7.89. The van der Waals surface area contributed by atoms with Crippen LogP contribution in [0.5, 0.6) is 0 Å². The molecule has 0 bridgehead atoms. The van der Waals surface area contributed by atoms with Gasteiger partial charge in [0.05, 0.1) is 11.1 Å². The van der Waals surface area contributed by atoms with Gasteiger partial charge in [-0.05, 0) is 55.5 Å². The second-order valence-electron chi connectivity index (χ2n) is 6.30. The summed E-state index contributed by atoms with van der Waals surface area (Å²) in [7, 11) is -1.72. The minimum Gasteiger partial charge on any atom is -0.349 e. The van der Waals surface area contributed by atoms with E-state index >= 15 is 0 Å². The third-order valence-electron chi connectivity index (χ3n) is 4.03. The van der Waals surface area contributed by atoms with E-state index in [0.717, 1.165) is 24.8 Å². The fraction of sp³-hybridized carbons (Fsp3) is 0.412. The average molecular weight is 362 g/mol. The number of hydrogen-bond acceptors (Lipinski definition) is 4. The second-order valence-corrected chi connectivity index (χ2v) is 8.06. The number of nitrogens with zero attached hydrogens (tertiary/aromatic N) is 2. The number of benzene rings is 1. The van der Waals surface area contributed by atoms with E-state index in [9.17, 15) is 13.2 Å². The van der Waals surface area contributed by atoms with Gasteiger partial charge in [-0.3, -0.25) is 9.48 Å². The maximum Gasteiger partial charge on any atom is 0.251 e. The van der Waals surface area contributed by atoms with Crippen molar-refractivity contribution >= 4 is 15.9 Å². The molecule has 1 aliphatic carbocycles. The molecule has 1 saturated carbocycles. The molecule has 1 aromatic heterocycles. The quantitative estimate of drug-likeness (QED) is 0.691. The Labute approximate surface area is 147 Å². The number of aryl methyl sites for hydroxylation is 2. The van der Waals surface area contributed by atoms with Crippen LogP contribution in [0.25, 0.3) is 0 Å². The van der Waals surface area contributed by atoms with Crippen LogP contribution >= 0.6 is 0 Å². The molecule has 134 valence electrons. The Balaban J connectivity index is 1.51. The summed E-state index contributed by atoms with van der Waals surface area (Å²) in [4.78, 5) is 12.1. The van der Waals surface area contributed by atoms with Gasteiger partial charge in [0.15, 0.2) is 0 Å². The Hall–Kier alpha value is -2.19. The molecule has 25 heavy (non-hydrogen) atoms. The van der Waals surface area contributed by atoms with E-state index in [-0.39, 0.29) is 16.8 Å². The third kappa shape index (κ3) is 4.90. The number of carbonyl (C=O) groups excluding carboxylic acids is 1. The normalized spacial score (nSPS) is 14.4. The first-order chi connectivity index (χ1) is 11.9. The van der Waals surface area contributed by atoms with Gasteiger partial charge in [0.25, 0.3) is 5.91 Å². The van der Waals surface area contributed by atoms with Gasteiger partial charge in [0, 0.05) is 31.4 Å². The predicted octanol–water partition coefficient (Wildman–Crippen LogP) is 1.22. The van der Waals surface area contributed by atoms with E-state index in [1.54, 1.807) is 23.0 Å². The summed E-state index contributed by atoms with van der Waals surface area (Å²) >= 11 is 0. The van der Waals surface area contributed by atoms with Crippen LogP contribution in [0.15, 0.2) is 41.6 Å². The van der Waals surface area contributed by atoms with Crippen molar-refractivity contribution in [1.29, 1.82) is 0 Å². The van der Waals surface area contributed by atoms with Gasteiger partial charge in [-0.25, -0.2) is 13.1 Å². The predicted molar refractivity (Wildman–Crippen MR) is 93.6 cm³/mol. The van der Waals surface area contributed by atoms with Crippen LogP contribution in [0.1, 0.15) is 35.2 Å².